The molecule has 1 aromatic carbocycles. The monoisotopic (exact) mass is 354 g/mol. The van der Waals surface area contributed by atoms with Crippen molar-refractivity contribution in [3.8, 4) is 5.75 Å². The SMILES string of the molecule is COc1ccc(CCOC2=NC(=N)[NH2+]C(/N=C(\N)c3ccco3)=C2)cc1. The summed E-state index contributed by atoms with van der Waals surface area (Å²) in [5, 5.41) is 9.31. The van der Waals surface area contributed by atoms with Gasteiger partial charge >= 0.3 is 5.96 Å². The third-order valence-electron chi connectivity index (χ3n) is 3.61. The molecule has 0 aliphatic carbocycles. The minimum Gasteiger partial charge on any atom is -0.497 e. The molecule has 1 aromatic heterocycles. The summed E-state index contributed by atoms with van der Waals surface area (Å²) in [6.45, 7) is 0.430. The minimum absolute atomic E-state index is 0.0537. The number of rotatable bonds is 6. The van der Waals surface area contributed by atoms with Crippen molar-refractivity contribution < 1.29 is 19.2 Å². The van der Waals surface area contributed by atoms with E-state index in [9.17, 15) is 0 Å². The number of methoxy groups -OCH3 is 1. The molecular formula is C18H20N5O3+. The number of quaternary nitrogens is 1. The molecule has 26 heavy (non-hydrogen) atoms. The summed E-state index contributed by atoms with van der Waals surface area (Å²) in [6.07, 6.45) is 3.87. The van der Waals surface area contributed by atoms with E-state index in [1.54, 1.807) is 25.3 Å². The standard InChI is InChI=1S/C18H19N5O3/c1-24-13-6-4-12(5-7-13)8-10-26-16-11-15(22-18(20)23-16)21-17(19)14-3-2-9-25-14/h2-7,9,11H,8,10H2,1H3,(H4,19,20,21,22,23)/p+1. The van der Waals surface area contributed by atoms with Crippen LogP contribution < -0.4 is 15.8 Å². The lowest BCUT2D eigenvalue weighted by Gasteiger charge is -2.10. The number of hydrogen-bond acceptors (Lipinski definition) is 5. The molecule has 0 fully saturated rings. The van der Waals surface area contributed by atoms with Crippen molar-refractivity contribution >= 4 is 17.7 Å². The highest BCUT2D eigenvalue weighted by atomic mass is 16.5. The number of amidine groups is 1. The highest BCUT2D eigenvalue weighted by molar-refractivity contribution is 5.99. The molecule has 3 rings (SSSR count). The van der Waals surface area contributed by atoms with Gasteiger partial charge in [0, 0.05) is 6.42 Å². The molecular weight excluding hydrogens is 334 g/mol. The number of benzene rings is 1. The van der Waals surface area contributed by atoms with Gasteiger partial charge in [-0.15, -0.1) is 4.99 Å². The van der Waals surface area contributed by atoms with Gasteiger partial charge in [-0.05, 0) is 29.8 Å². The van der Waals surface area contributed by atoms with Gasteiger partial charge in [0.05, 0.1) is 26.1 Å². The topological polar surface area (TPSA) is 123 Å². The molecule has 0 unspecified atom stereocenters. The molecule has 0 radical (unpaired) electrons. The Morgan fingerprint density at radius 3 is 2.81 bits per heavy atom. The highest BCUT2D eigenvalue weighted by Crippen LogP contribution is 2.12. The van der Waals surface area contributed by atoms with Crippen molar-refractivity contribution in [1.29, 1.82) is 5.41 Å². The van der Waals surface area contributed by atoms with Gasteiger partial charge in [-0.2, -0.15) is 4.99 Å². The van der Waals surface area contributed by atoms with E-state index in [0.29, 0.717) is 30.5 Å². The zero-order chi connectivity index (χ0) is 18.4. The first-order chi connectivity index (χ1) is 12.6. The van der Waals surface area contributed by atoms with E-state index < -0.39 is 0 Å². The third-order valence-corrected chi connectivity index (χ3v) is 3.61. The number of aliphatic imine (C=N–C) groups is 2. The van der Waals surface area contributed by atoms with Gasteiger partial charge in [0.2, 0.25) is 11.7 Å². The van der Waals surface area contributed by atoms with Crippen LogP contribution in [0, 0.1) is 5.41 Å². The molecule has 0 bridgehead atoms. The molecule has 2 aromatic rings. The van der Waals surface area contributed by atoms with Gasteiger partial charge in [0.1, 0.15) is 5.75 Å². The quantitative estimate of drug-likeness (QED) is 0.529. The molecule has 134 valence electrons. The summed E-state index contributed by atoms with van der Waals surface area (Å²) in [5.74, 6) is 2.38. The summed E-state index contributed by atoms with van der Waals surface area (Å²) in [5.41, 5.74) is 7.01. The van der Waals surface area contributed by atoms with Crippen LogP contribution in [0.15, 0.2) is 69.0 Å². The number of hydrogen-bond donors (Lipinski definition) is 3. The lowest BCUT2D eigenvalue weighted by molar-refractivity contribution is -0.489. The minimum atomic E-state index is 0.0537. The molecule has 0 saturated heterocycles. The van der Waals surface area contributed by atoms with Crippen LogP contribution in [0.3, 0.4) is 0 Å². The molecule has 0 atom stereocenters. The van der Waals surface area contributed by atoms with E-state index in [2.05, 4.69) is 9.98 Å². The number of furan rings is 1. The summed E-state index contributed by atoms with van der Waals surface area (Å²) in [7, 11) is 1.64. The van der Waals surface area contributed by atoms with Crippen LogP contribution in [0.5, 0.6) is 5.75 Å². The third kappa shape index (κ3) is 4.58. The van der Waals surface area contributed by atoms with Gasteiger partial charge in [-0.3, -0.25) is 0 Å². The zero-order valence-corrected chi connectivity index (χ0v) is 14.3. The molecule has 8 heteroatoms. The van der Waals surface area contributed by atoms with Crippen molar-refractivity contribution in [1.82, 2.24) is 0 Å². The van der Waals surface area contributed by atoms with E-state index in [1.165, 1.54) is 11.6 Å². The van der Waals surface area contributed by atoms with Crippen molar-refractivity contribution in [2.75, 3.05) is 13.7 Å². The van der Waals surface area contributed by atoms with E-state index in [0.717, 1.165) is 11.3 Å². The smallest absolute Gasteiger partial charge is 0.327 e. The predicted molar refractivity (Wildman–Crippen MR) is 97.3 cm³/mol. The number of nitrogens with one attached hydrogen (secondary N) is 1. The van der Waals surface area contributed by atoms with Gasteiger partial charge < -0.3 is 19.6 Å². The molecule has 1 aliphatic rings. The van der Waals surface area contributed by atoms with Gasteiger partial charge in [-0.25, -0.2) is 10.7 Å². The summed E-state index contributed by atoms with van der Waals surface area (Å²) in [4.78, 5) is 8.31. The van der Waals surface area contributed by atoms with Gasteiger partial charge in [0.25, 0.3) is 0 Å². The molecule has 2 heterocycles. The van der Waals surface area contributed by atoms with Crippen LogP contribution in [0.4, 0.5) is 0 Å². The van der Waals surface area contributed by atoms with Crippen molar-refractivity contribution in [3.63, 3.8) is 0 Å². The first-order valence-electron chi connectivity index (χ1n) is 8.01. The summed E-state index contributed by atoms with van der Waals surface area (Å²) >= 11 is 0. The first kappa shape index (κ1) is 17.4. The van der Waals surface area contributed by atoms with E-state index in [4.69, 9.17) is 25.0 Å². The van der Waals surface area contributed by atoms with Crippen LogP contribution in [0.2, 0.25) is 0 Å². The number of nitrogens with two attached hydrogens (primary N) is 2. The fraction of sp³-hybridized carbons (Fsp3) is 0.167. The second-order valence-electron chi connectivity index (χ2n) is 5.47. The molecule has 8 nitrogen and oxygen atoms in total. The molecule has 0 saturated carbocycles. The van der Waals surface area contributed by atoms with Crippen molar-refractivity contribution in [3.05, 3.63) is 65.9 Å². The Morgan fingerprint density at radius 1 is 1.31 bits per heavy atom. The Morgan fingerprint density at radius 2 is 2.12 bits per heavy atom. The number of guanidine groups is 1. The average Bonchev–Trinajstić information content (AvgIpc) is 3.17. The fourth-order valence-electron chi connectivity index (χ4n) is 2.31. The maximum absolute atomic E-state index is 7.80. The van der Waals surface area contributed by atoms with Crippen LogP contribution >= 0.6 is 0 Å². The Kier molecular flexibility index (Phi) is 5.45. The zero-order valence-electron chi connectivity index (χ0n) is 14.3. The van der Waals surface area contributed by atoms with Crippen molar-refractivity contribution in [2.24, 2.45) is 15.7 Å². The lowest BCUT2D eigenvalue weighted by Crippen LogP contribution is -2.86. The van der Waals surface area contributed by atoms with Crippen molar-refractivity contribution in [2.45, 2.75) is 6.42 Å². The summed E-state index contributed by atoms with van der Waals surface area (Å²) in [6, 6.07) is 11.2. The van der Waals surface area contributed by atoms with E-state index in [1.807, 2.05) is 24.3 Å². The van der Waals surface area contributed by atoms with Gasteiger partial charge in [0.15, 0.2) is 11.6 Å². The van der Waals surface area contributed by atoms with Crippen LogP contribution in [-0.4, -0.2) is 31.4 Å². The molecule has 5 N–H and O–H groups in total. The first-order valence-corrected chi connectivity index (χ1v) is 8.01. The highest BCUT2D eigenvalue weighted by Gasteiger charge is 2.17. The Bertz CT molecular complexity index is 851. The lowest BCUT2D eigenvalue weighted by atomic mass is 10.1. The Balaban J connectivity index is 1.60. The van der Waals surface area contributed by atoms with Crippen LogP contribution in [0.1, 0.15) is 11.3 Å². The largest absolute Gasteiger partial charge is 0.497 e. The normalized spacial score (nSPS) is 14.7. The molecule has 1 aliphatic heterocycles. The fourth-order valence-corrected chi connectivity index (χ4v) is 2.31. The van der Waals surface area contributed by atoms with Crippen LogP contribution in [-0.2, 0) is 11.2 Å². The maximum Gasteiger partial charge on any atom is 0.327 e. The maximum atomic E-state index is 7.80. The van der Waals surface area contributed by atoms with Gasteiger partial charge in [-0.1, -0.05) is 12.1 Å². The Hall–Kier alpha value is -3.39. The van der Waals surface area contributed by atoms with Crippen LogP contribution in [0.25, 0.3) is 0 Å². The second-order valence-corrected chi connectivity index (χ2v) is 5.47. The van der Waals surface area contributed by atoms with E-state index >= 15 is 0 Å². The van der Waals surface area contributed by atoms with E-state index in [-0.39, 0.29) is 11.8 Å². The number of nitrogens with zero attached hydrogens (tertiary/aromatic N) is 2. The Labute approximate surface area is 150 Å². The molecule has 0 spiro atoms. The number of ether oxygens (including phenoxy) is 2. The molecule has 0 amide bonds. The average molecular weight is 354 g/mol. The predicted octanol–water partition coefficient (Wildman–Crippen LogP) is 1.00. The summed E-state index contributed by atoms with van der Waals surface area (Å²) < 4.78 is 16.0. The second kappa shape index (κ2) is 8.13.